The Bertz CT molecular complexity index is 309. The molecule has 0 aliphatic carbocycles. The summed E-state index contributed by atoms with van der Waals surface area (Å²) < 4.78 is 0.968. The lowest BCUT2D eigenvalue weighted by Gasteiger charge is -2.28. The smallest absolute Gasteiger partial charge is 0.102 e. The third-order valence-corrected chi connectivity index (χ3v) is 6.57. The van der Waals surface area contributed by atoms with Gasteiger partial charge in [-0.1, -0.05) is 129 Å². The second-order valence-corrected chi connectivity index (χ2v) is 10.2. The third kappa shape index (κ3) is 26.2. The van der Waals surface area contributed by atoms with Crippen LogP contribution in [0.4, 0.5) is 0 Å². The van der Waals surface area contributed by atoms with Gasteiger partial charge in [0.1, 0.15) is 6.54 Å². The first-order valence-corrected chi connectivity index (χ1v) is 13.6. The number of nitrogens with zero attached hydrogens (tertiary/aromatic N) is 1. The van der Waals surface area contributed by atoms with Crippen LogP contribution in [0.1, 0.15) is 142 Å². The van der Waals surface area contributed by atoms with E-state index in [1.807, 2.05) is 0 Å². The molecular weight excluding hydrogens is 390 g/mol. The Morgan fingerprint density at radius 3 is 0.967 bits per heavy atom. The molecule has 0 aromatic carbocycles. The number of quaternary nitrogens is 1. The van der Waals surface area contributed by atoms with Gasteiger partial charge >= 0.3 is 0 Å². The maximum Gasteiger partial charge on any atom is 0.102 e. The number of likely N-dealkylation sites (N-methyl/N-ethyl adjacent to an activating group) is 1. The first-order chi connectivity index (χ1) is 14.1. The molecule has 0 fully saturated rings. The van der Waals surface area contributed by atoms with Crippen LogP contribution >= 0.6 is 0 Å². The van der Waals surface area contributed by atoms with Crippen molar-refractivity contribution in [3.8, 4) is 0 Å². The molecule has 184 valence electrons. The highest BCUT2D eigenvalue weighted by atomic mass is 35.5. The molecule has 0 aromatic rings. The predicted molar refractivity (Wildman–Crippen MR) is 132 cm³/mol. The minimum Gasteiger partial charge on any atom is -1.00 e. The summed E-state index contributed by atoms with van der Waals surface area (Å²) in [6, 6.07) is 0. The van der Waals surface area contributed by atoms with Crippen LogP contribution in [-0.2, 0) is 0 Å². The zero-order valence-corrected chi connectivity index (χ0v) is 22.0. The van der Waals surface area contributed by atoms with Crippen LogP contribution in [-0.4, -0.2) is 43.4 Å². The van der Waals surface area contributed by atoms with E-state index in [9.17, 15) is 0 Å². The first kappa shape index (κ1) is 32.4. The Morgan fingerprint density at radius 2 is 0.700 bits per heavy atom. The second-order valence-electron chi connectivity index (χ2n) is 10.2. The molecule has 3 heteroatoms. The van der Waals surface area contributed by atoms with Crippen LogP contribution in [0.25, 0.3) is 0 Å². The molecule has 0 atom stereocenters. The Hall–Kier alpha value is 0.210. The summed E-state index contributed by atoms with van der Waals surface area (Å²) >= 11 is 0. The van der Waals surface area contributed by atoms with Crippen LogP contribution < -0.4 is 12.4 Å². The molecule has 2 nitrogen and oxygen atoms in total. The molecule has 0 aliphatic heterocycles. The van der Waals surface area contributed by atoms with Crippen molar-refractivity contribution in [1.29, 1.82) is 0 Å². The molecule has 30 heavy (non-hydrogen) atoms. The number of aliphatic hydroxyl groups is 1. The minimum atomic E-state index is 0. The molecular formula is C27H58ClNO. The largest absolute Gasteiger partial charge is 1.00 e. The summed E-state index contributed by atoms with van der Waals surface area (Å²) in [6.07, 6.45) is 30.3. The highest BCUT2D eigenvalue weighted by Crippen LogP contribution is 2.15. The number of halogens is 1. The van der Waals surface area contributed by atoms with Crippen molar-refractivity contribution in [3.63, 3.8) is 0 Å². The maximum absolute atomic E-state index is 9.06. The number of hydrogen-bond donors (Lipinski definition) is 1. The molecule has 0 amide bonds. The van der Waals surface area contributed by atoms with E-state index in [2.05, 4.69) is 21.0 Å². The summed E-state index contributed by atoms with van der Waals surface area (Å²) in [7, 11) is 4.46. The normalized spacial score (nSPS) is 11.6. The fourth-order valence-corrected chi connectivity index (χ4v) is 4.35. The molecule has 0 aliphatic rings. The van der Waals surface area contributed by atoms with Gasteiger partial charge in [0.25, 0.3) is 0 Å². The molecule has 0 rings (SSSR count). The van der Waals surface area contributed by atoms with Gasteiger partial charge in [0, 0.05) is 0 Å². The van der Waals surface area contributed by atoms with Crippen molar-refractivity contribution >= 4 is 0 Å². The third-order valence-electron chi connectivity index (χ3n) is 6.57. The maximum atomic E-state index is 9.06. The predicted octanol–water partition coefficient (Wildman–Crippen LogP) is 5.27. The Balaban J connectivity index is 0. The van der Waals surface area contributed by atoms with E-state index in [1.165, 1.54) is 141 Å². The van der Waals surface area contributed by atoms with E-state index in [4.69, 9.17) is 5.11 Å². The summed E-state index contributed by atoms with van der Waals surface area (Å²) in [5.74, 6) is 0. The highest BCUT2D eigenvalue weighted by Gasteiger charge is 2.12. The van der Waals surface area contributed by atoms with Gasteiger partial charge in [-0.15, -0.1) is 0 Å². The summed E-state index contributed by atoms with van der Waals surface area (Å²) in [6.45, 7) is 4.71. The molecule has 0 radical (unpaired) electrons. The average Bonchev–Trinajstić information content (AvgIpc) is 2.69. The van der Waals surface area contributed by atoms with Crippen LogP contribution in [0.15, 0.2) is 0 Å². The zero-order valence-electron chi connectivity index (χ0n) is 21.2. The van der Waals surface area contributed by atoms with Crippen molar-refractivity contribution in [2.45, 2.75) is 142 Å². The van der Waals surface area contributed by atoms with Crippen molar-refractivity contribution < 1.29 is 22.0 Å². The summed E-state index contributed by atoms with van der Waals surface area (Å²) in [4.78, 5) is 0. The van der Waals surface area contributed by atoms with Gasteiger partial charge in [-0.3, -0.25) is 0 Å². The number of rotatable bonds is 24. The lowest BCUT2D eigenvalue weighted by molar-refractivity contribution is -0.890. The quantitative estimate of drug-likeness (QED) is 0.158. The van der Waals surface area contributed by atoms with Crippen LogP contribution in [0.2, 0.25) is 0 Å². The SMILES string of the molecule is CCCCCCCCCCCCCCCCCCCCCCC[N+](C)(C)CCO.[Cl-]. The molecule has 0 saturated carbocycles. The van der Waals surface area contributed by atoms with Crippen molar-refractivity contribution in [1.82, 2.24) is 0 Å². The van der Waals surface area contributed by atoms with Crippen molar-refractivity contribution in [2.75, 3.05) is 33.8 Å². The highest BCUT2D eigenvalue weighted by molar-refractivity contribution is 4.51. The van der Waals surface area contributed by atoms with Crippen molar-refractivity contribution in [3.05, 3.63) is 0 Å². The number of aliphatic hydroxyl groups excluding tert-OH is 1. The van der Waals surface area contributed by atoms with Gasteiger partial charge in [0.05, 0.1) is 27.2 Å². The monoisotopic (exact) mass is 447 g/mol. The lowest BCUT2D eigenvalue weighted by atomic mass is 10.0. The van der Waals surface area contributed by atoms with E-state index in [1.54, 1.807) is 0 Å². The van der Waals surface area contributed by atoms with Gasteiger partial charge in [-0.25, -0.2) is 0 Å². The van der Waals surface area contributed by atoms with E-state index in [-0.39, 0.29) is 12.4 Å². The van der Waals surface area contributed by atoms with E-state index < -0.39 is 0 Å². The van der Waals surface area contributed by atoms with Gasteiger partial charge in [0.15, 0.2) is 0 Å². The van der Waals surface area contributed by atoms with E-state index >= 15 is 0 Å². The summed E-state index contributed by atoms with van der Waals surface area (Å²) in [5, 5.41) is 9.06. The van der Waals surface area contributed by atoms with Crippen LogP contribution in [0.5, 0.6) is 0 Å². The van der Waals surface area contributed by atoms with Gasteiger partial charge in [-0.2, -0.15) is 0 Å². The Kier molecular flexibility index (Phi) is 27.5. The zero-order chi connectivity index (χ0) is 21.5. The van der Waals surface area contributed by atoms with E-state index in [0.29, 0.717) is 6.61 Å². The number of hydrogen-bond acceptors (Lipinski definition) is 1. The topological polar surface area (TPSA) is 20.2 Å². The van der Waals surface area contributed by atoms with Gasteiger partial charge < -0.3 is 22.0 Å². The van der Waals surface area contributed by atoms with E-state index in [0.717, 1.165) is 11.0 Å². The Morgan fingerprint density at radius 1 is 0.433 bits per heavy atom. The van der Waals surface area contributed by atoms with Crippen molar-refractivity contribution in [2.24, 2.45) is 0 Å². The summed E-state index contributed by atoms with van der Waals surface area (Å²) in [5.41, 5.74) is 0. The second kappa shape index (κ2) is 25.5. The lowest BCUT2D eigenvalue weighted by Crippen LogP contribution is -3.00. The van der Waals surface area contributed by atoms with Crippen LogP contribution in [0, 0.1) is 0 Å². The molecule has 0 bridgehead atoms. The standard InChI is InChI=1S/C27H58NO.ClH/c1-4-5-6-7-8-9-10-11-12-13-14-15-16-17-18-19-20-21-22-23-24-25-28(2,3)26-27-29;/h29H,4-27H2,1-3H3;1H/q+1;/p-1. The molecule has 1 N–H and O–H groups in total. The van der Waals surface area contributed by atoms with Crippen LogP contribution in [0.3, 0.4) is 0 Å². The Labute approximate surface area is 197 Å². The molecule has 0 aromatic heterocycles. The fourth-order valence-electron chi connectivity index (χ4n) is 4.35. The van der Waals surface area contributed by atoms with Gasteiger partial charge in [0.2, 0.25) is 0 Å². The molecule has 0 spiro atoms. The average molecular weight is 448 g/mol. The molecule has 0 unspecified atom stereocenters. The number of unbranched alkanes of at least 4 members (excludes halogenated alkanes) is 20. The fraction of sp³-hybridized carbons (Fsp3) is 1.00. The first-order valence-electron chi connectivity index (χ1n) is 13.6. The molecule has 0 saturated heterocycles. The van der Waals surface area contributed by atoms with Gasteiger partial charge in [-0.05, 0) is 12.8 Å². The minimum absolute atomic E-state index is 0. The molecule has 0 heterocycles.